The lowest BCUT2D eigenvalue weighted by molar-refractivity contribution is -0.159. The van der Waals surface area contributed by atoms with Crippen molar-refractivity contribution < 1.29 is 14.7 Å². The monoisotopic (exact) mass is 281 g/mol. The van der Waals surface area contributed by atoms with Crippen molar-refractivity contribution in [3.63, 3.8) is 0 Å². The lowest BCUT2D eigenvalue weighted by atomic mass is 9.88. The van der Waals surface area contributed by atoms with E-state index in [1.54, 1.807) is 4.90 Å². The van der Waals surface area contributed by atoms with Gasteiger partial charge in [0.1, 0.15) is 5.54 Å². The molecule has 114 valence electrons. The van der Waals surface area contributed by atoms with E-state index < -0.39 is 11.5 Å². The average molecular weight is 281 g/mol. The van der Waals surface area contributed by atoms with Crippen LogP contribution in [0.5, 0.6) is 0 Å². The number of rotatable bonds is 4. The number of carboxylic acid groups (broad SMARTS) is 1. The molecule has 1 aliphatic carbocycles. The van der Waals surface area contributed by atoms with Crippen molar-refractivity contribution in [2.75, 3.05) is 6.54 Å². The molecule has 1 amide bonds. The summed E-state index contributed by atoms with van der Waals surface area (Å²) in [6.07, 6.45) is 9.36. The zero-order valence-electron chi connectivity index (χ0n) is 12.6. The van der Waals surface area contributed by atoms with Gasteiger partial charge in [0.2, 0.25) is 5.91 Å². The normalized spacial score (nSPS) is 28.4. The fourth-order valence-electron chi connectivity index (χ4n) is 3.95. The van der Waals surface area contributed by atoms with Gasteiger partial charge in [0.05, 0.1) is 0 Å². The van der Waals surface area contributed by atoms with Gasteiger partial charge in [-0.3, -0.25) is 4.79 Å². The van der Waals surface area contributed by atoms with Crippen LogP contribution in [0.4, 0.5) is 0 Å². The Labute approximate surface area is 121 Å². The van der Waals surface area contributed by atoms with Gasteiger partial charge in [0.25, 0.3) is 0 Å². The maximum absolute atomic E-state index is 12.8. The maximum atomic E-state index is 12.8. The van der Waals surface area contributed by atoms with Crippen molar-refractivity contribution in [1.82, 2.24) is 4.90 Å². The van der Waals surface area contributed by atoms with Crippen LogP contribution < -0.4 is 0 Å². The fourth-order valence-corrected chi connectivity index (χ4v) is 3.95. The minimum atomic E-state index is -0.919. The van der Waals surface area contributed by atoms with Gasteiger partial charge in [-0.1, -0.05) is 39.0 Å². The van der Waals surface area contributed by atoms with Gasteiger partial charge in [-0.15, -0.1) is 0 Å². The largest absolute Gasteiger partial charge is 0.479 e. The number of hydrogen-bond donors (Lipinski definition) is 1. The molecule has 0 aromatic carbocycles. The summed E-state index contributed by atoms with van der Waals surface area (Å²) in [5.41, 5.74) is -0.919. The minimum absolute atomic E-state index is 0.0613. The third-order valence-electron chi connectivity index (χ3n) is 5.02. The van der Waals surface area contributed by atoms with Gasteiger partial charge < -0.3 is 10.0 Å². The number of amides is 1. The zero-order chi connectivity index (χ0) is 14.6. The average Bonchev–Trinajstić information content (AvgIpc) is 2.68. The highest BCUT2D eigenvalue weighted by Gasteiger charge is 2.50. The summed E-state index contributed by atoms with van der Waals surface area (Å²) in [6, 6.07) is 0. The van der Waals surface area contributed by atoms with Crippen LogP contribution in [0.15, 0.2) is 0 Å². The molecule has 1 saturated heterocycles. The molecule has 0 radical (unpaired) electrons. The van der Waals surface area contributed by atoms with E-state index in [0.717, 1.165) is 38.5 Å². The first-order valence-corrected chi connectivity index (χ1v) is 8.16. The third-order valence-corrected chi connectivity index (χ3v) is 5.02. The minimum Gasteiger partial charge on any atom is -0.479 e. The molecule has 0 aromatic rings. The van der Waals surface area contributed by atoms with Crippen LogP contribution >= 0.6 is 0 Å². The SMILES string of the molecule is CCCC1(C(=O)O)CCCN1C(=O)C1CCCCCC1. The molecule has 1 N–H and O–H groups in total. The van der Waals surface area contributed by atoms with Crippen molar-refractivity contribution in [3.05, 3.63) is 0 Å². The Kier molecular flexibility index (Phi) is 5.06. The Balaban J connectivity index is 2.15. The number of carboxylic acids is 1. The van der Waals surface area contributed by atoms with Crippen molar-refractivity contribution >= 4 is 11.9 Å². The van der Waals surface area contributed by atoms with Gasteiger partial charge in [-0.25, -0.2) is 4.79 Å². The van der Waals surface area contributed by atoms with Gasteiger partial charge in [-0.2, -0.15) is 0 Å². The fraction of sp³-hybridized carbons (Fsp3) is 0.875. The summed E-state index contributed by atoms with van der Waals surface area (Å²) in [5.74, 6) is -0.634. The second-order valence-corrected chi connectivity index (χ2v) is 6.37. The number of carbonyl (C=O) groups excluding carboxylic acids is 1. The van der Waals surface area contributed by atoms with Crippen LogP contribution in [0, 0.1) is 5.92 Å². The molecule has 2 fully saturated rings. The summed E-state index contributed by atoms with van der Waals surface area (Å²) in [7, 11) is 0. The summed E-state index contributed by atoms with van der Waals surface area (Å²) in [4.78, 5) is 26.3. The van der Waals surface area contributed by atoms with E-state index in [4.69, 9.17) is 0 Å². The van der Waals surface area contributed by atoms with E-state index in [9.17, 15) is 14.7 Å². The Morgan fingerprint density at radius 2 is 1.80 bits per heavy atom. The maximum Gasteiger partial charge on any atom is 0.329 e. The summed E-state index contributed by atoms with van der Waals surface area (Å²) >= 11 is 0. The highest BCUT2D eigenvalue weighted by atomic mass is 16.4. The molecule has 1 unspecified atom stereocenters. The number of carbonyl (C=O) groups is 2. The van der Waals surface area contributed by atoms with Crippen molar-refractivity contribution in [2.45, 2.75) is 76.7 Å². The Bertz CT molecular complexity index is 361. The molecular formula is C16H27NO3. The Morgan fingerprint density at radius 1 is 1.15 bits per heavy atom. The molecular weight excluding hydrogens is 254 g/mol. The summed E-state index contributed by atoms with van der Waals surface area (Å²) in [5, 5.41) is 9.67. The summed E-state index contributed by atoms with van der Waals surface area (Å²) < 4.78 is 0. The highest BCUT2D eigenvalue weighted by molar-refractivity contribution is 5.88. The van der Waals surface area contributed by atoms with Crippen LogP contribution in [0.2, 0.25) is 0 Å². The van der Waals surface area contributed by atoms with Gasteiger partial charge in [0.15, 0.2) is 0 Å². The lowest BCUT2D eigenvalue weighted by Crippen LogP contribution is -2.54. The predicted molar refractivity (Wildman–Crippen MR) is 77.4 cm³/mol. The van der Waals surface area contributed by atoms with Gasteiger partial charge in [0, 0.05) is 12.5 Å². The zero-order valence-corrected chi connectivity index (χ0v) is 12.6. The predicted octanol–water partition coefficient (Wildman–Crippen LogP) is 3.20. The smallest absolute Gasteiger partial charge is 0.329 e. The number of aliphatic carboxylic acids is 1. The van der Waals surface area contributed by atoms with Gasteiger partial charge in [-0.05, 0) is 32.1 Å². The second kappa shape index (κ2) is 6.59. The van der Waals surface area contributed by atoms with Crippen LogP contribution in [0.3, 0.4) is 0 Å². The Morgan fingerprint density at radius 3 is 2.35 bits per heavy atom. The molecule has 1 saturated carbocycles. The summed E-state index contributed by atoms with van der Waals surface area (Å²) in [6.45, 7) is 2.62. The van der Waals surface area contributed by atoms with Crippen LogP contribution in [0.1, 0.15) is 71.1 Å². The third kappa shape index (κ3) is 2.84. The van der Waals surface area contributed by atoms with Crippen LogP contribution in [0.25, 0.3) is 0 Å². The molecule has 1 aliphatic heterocycles. The van der Waals surface area contributed by atoms with E-state index in [2.05, 4.69) is 0 Å². The molecule has 4 heteroatoms. The van der Waals surface area contributed by atoms with E-state index in [1.165, 1.54) is 12.8 Å². The molecule has 4 nitrogen and oxygen atoms in total. The van der Waals surface area contributed by atoms with Crippen molar-refractivity contribution in [3.8, 4) is 0 Å². The Hall–Kier alpha value is -1.06. The first-order chi connectivity index (χ1) is 9.62. The first-order valence-electron chi connectivity index (χ1n) is 8.16. The van der Waals surface area contributed by atoms with E-state index in [0.29, 0.717) is 19.4 Å². The van der Waals surface area contributed by atoms with E-state index >= 15 is 0 Å². The van der Waals surface area contributed by atoms with E-state index in [1.807, 2.05) is 6.92 Å². The second-order valence-electron chi connectivity index (χ2n) is 6.37. The van der Waals surface area contributed by atoms with E-state index in [-0.39, 0.29) is 11.8 Å². The van der Waals surface area contributed by atoms with Crippen molar-refractivity contribution in [1.29, 1.82) is 0 Å². The molecule has 20 heavy (non-hydrogen) atoms. The molecule has 1 heterocycles. The lowest BCUT2D eigenvalue weighted by Gasteiger charge is -2.36. The van der Waals surface area contributed by atoms with Crippen LogP contribution in [-0.2, 0) is 9.59 Å². The topological polar surface area (TPSA) is 57.6 Å². The number of likely N-dealkylation sites (tertiary alicyclic amines) is 1. The molecule has 0 spiro atoms. The molecule has 2 aliphatic rings. The number of hydrogen-bond acceptors (Lipinski definition) is 2. The van der Waals surface area contributed by atoms with Crippen molar-refractivity contribution in [2.24, 2.45) is 5.92 Å². The molecule has 0 aromatic heterocycles. The first kappa shape index (κ1) is 15.3. The highest BCUT2D eigenvalue weighted by Crippen LogP contribution is 2.37. The molecule has 0 bridgehead atoms. The number of nitrogens with zero attached hydrogens (tertiary/aromatic N) is 1. The standard InChI is InChI=1S/C16H27NO3/c1-2-10-16(15(19)20)11-7-12-17(16)14(18)13-8-5-3-4-6-9-13/h13H,2-12H2,1H3,(H,19,20). The molecule has 2 rings (SSSR count). The molecule has 1 atom stereocenters. The quantitative estimate of drug-likeness (QED) is 0.805. The van der Waals surface area contributed by atoms with Gasteiger partial charge >= 0.3 is 5.97 Å². The van der Waals surface area contributed by atoms with Crippen LogP contribution in [-0.4, -0.2) is 34.0 Å².